The Morgan fingerprint density at radius 3 is 2.81 bits per heavy atom. The van der Waals surface area contributed by atoms with Crippen molar-refractivity contribution in [3.05, 3.63) is 30.1 Å². The predicted molar refractivity (Wildman–Crippen MR) is 85.1 cm³/mol. The number of hydrogen-bond donors (Lipinski definition) is 1. The number of hydrogen-bond acceptors (Lipinski definition) is 3. The van der Waals surface area contributed by atoms with E-state index in [1.165, 1.54) is 56.8 Å². The highest BCUT2D eigenvalue weighted by atomic mass is 15.2. The normalized spacial score (nSPS) is 22.3. The van der Waals surface area contributed by atoms with Crippen molar-refractivity contribution in [1.82, 2.24) is 19.8 Å². The van der Waals surface area contributed by atoms with Crippen LogP contribution in [0, 0.1) is 5.41 Å². The monoisotopic (exact) mass is 284 g/mol. The Morgan fingerprint density at radius 2 is 2.00 bits per heavy atom. The fourth-order valence-electron chi connectivity index (χ4n) is 4.06. The van der Waals surface area contributed by atoms with Crippen molar-refractivity contribution < 1.29 is 0 Å². The van der Waals surface area contributed by atoms with E-state index in [-0.39, 0.29) is 0 Å². The van der Waals surface area contributed by atoms with E-state index in [4.69, 9.17) is 4.98 Å². The van der Waals surface area contributed by atoms with Gasteiger partial charge in [0.1, 0.15) is 5.82 Å². The van der Waals surface area contributed by atoms with Crippen LogP contribution < -0.4 is 5.32 Å². The van der Waals surface area contributed by atoms with Gasteiger partial charge in [-0.2, -0.15) is 0 Å². The van der Waals surface area contributed by atoms with Gasteiger partial charge in [-0.3, -0.25) is 4.90 Å². The molecule has 0 amide bonds. The van der Waals surface area contributed by atoms with E-state index in [1.54, 1.807) is 0 Å². The molecule has 0 radical (unpaired) electrons. The number of benzene rings is 1. The van der Waals surface area contributed by atoms with Gasteiger partial charge in [-0.05, 0) is 56.4 Å². The summed E-state index contributed by atoms with van der Waals surface area (Å²) in [7, 11) is 2.14. The van der Waals surface area contributed by atoms with E-state index >= 15 is 0 Å². The Morgan fingerprint density at radius 1 is 1.19 bits per heavy atom. The van der Waals surface area contributed by atoms with Crippen LogP contribution in [0.2, 0.25) is 0 Å². The number of nitrogens with one attached hydrogen (secondary N) is 1. The number of aryl methyl sites for hydroxylation is 1. The van der Waals surface area contributed by atoms with Crippen LogP contribution in [0.1, 0.15) is 25.1 Å². The molecule has 2 aliphatic rings. The second-order valence-electron chi connectivity index (χ2n) is 6.79. The van der Waals surface area contributed by atoms with Crippen molar-refractivity contribution in [2.75, 3.05) is 26.2 Å². The lowest BCUT2D eigenvalue weighted by Crippen LogP contribution is -2.38. The van der Waals surface area contributed by atoms with Crippen LogP contribution in [0.15, 0.2) is 24.3 Å². The third-order valence-electron chi connectivity index (χ3n) is 5.43. The lowest BCUT2D eigenvalue weighted by atomic mass is 9.78. The first-order chi connectivity index (χ1) is 10.3. The quantitative estimate of drug-likeness (QED) is 0.917. The highest BCUT2D eigenvalue weighted by Gasteiger charge is 2.38. The third-order valence-corrected chi connectivity index (χ3v) is 5.43. The lowest BCUT2D eigenvalue weighted by molar-refractivity contribution is 0.192. The van der Waals surface area contributed by atoms with Crippen LogP contribution in [-0.4, -0.2) is 40.6 Å². The molecule has 0 saturated carbocycles. The molecule has 4 rings (SSSR count). The van der Waals surface area contributed by atoms with E-state index in [0.29, 0.717) is 5.41 Å². The van der Waals surface area contributed by atoms with E-state index in [0.717, 1.165) is 12.1 Å². The number of piperidine rings is 1. The number of fused-ring (bicyclic) bond motifs is 1. The molecule has 0 unspecified atom stereocenters. The number of likely N-dealkylation sites (tertiary alicyclic amines) is 1. The van der Waals surface area contributed by atoms with Gasteiger partial charge in [0.2, 0.25) is 0 Å². The van der Waals surface area contributed by atoms with E-state index in [9.17, 15) is 0 Å². The van der Waals surface area contributed by atoms with Crippen LogP contribution in [0.4, 0.5) is 0 Å². The summed E-state index contributed by atoms with van der Waals surface area (Å²) in [4.78, 5) is 7.42. The average molecular weight is 284 g/mol. The van der Waals surface area contributed by atoms with E-state index in [2.05, 4.69) is 46.1 Å². The molecule has 21 heavy (non-hydrogen) atoms. The Kier molecular flexibility index (Phi) is 3.23. The molecule has 2 aliphatic heterocycles. The van der Waals surface area contributed by atoms with Crippen LogP contribution in [0.5, 0.6) is 0 Å². The molecular formula is C17H24N4. The minimum Gasteiger partial charge on any atom is -0.330 e. The van der Waals surface area contributed by atoms with Gasteiger partial charge < -0.3 is 9.88 Å². The molecule has 1 N–H and O–H groups in total. The van der Waals surface area contributed by atoms with Gasteiger partial charge >= 0.3 is 0 Å². The smallest absolute Gasteiger partial charge is 0.123 e. The van der Waals surface area contributed by atoms with Crippen LogP contribution in [-0.2, 0) is 13.6 Å². The van der Waals surface area contributed by atoms with Gasteiger partial charge in [0.15, 0.2) is 0 Å². The summed E-state index contributed by atoms with van der Waals surface area (Å²) < 4.78 is 2.25. The summed E-state index contributed by atoms with van der Waals surface area (Å²) in [5.41, 5.74) is 2.93. The highest BCUT2D eigenvalue weighted by Crippen LogP contribution is 2.39. The third kappa shape index (κ3) is 2.36. The summed E-state index contributed by atoms with van der Waals surface area (Å²) in [6.45, 7) is 5.85. The van der Waals surface area contributed by atoms with Crippen LogP contribution >= 0.6 is 0 Å². The molecule has 0 atom stereocenters. The fourth-order valence-corrected chi connectivity index (χ4v) is 4.06. The van der Waals surface area contributed by atoms with Gasteiger partial charge in [0.05, 0.1) is 17.6 Å². The molecule has 2 fully saturated rings. The number of rotatable bonds is 2. The molecule has 112 valence electrons. The summed E-state index contributed by atoms with van der Waals surface area (Å²) in [5, 5.41) is 3.49. The Labute approximate surface area is 126 Å². The molecule has 1 aromatic heterocycles. The van der Waals surface area contributed by atoms with Crippen molar-refractivity contribution in [3.63, 3.8) is 0 Å². The molecule has 1 spiro atoms. The Bertz CT molecular complexity index is 639. The van der Waals surface area contributed by atoms with Crippen molar-refractivity contribution in [3.8, 4) is 0 Å². The fraction of sp³-hybridized carbons (Fsp3) is 0.588. The minimum atomic E-state index is 0.579. The molecule has 2 saturated heterocycles. The summed E-state index contributed by atoms with van der Waals surface area (Å²) >= 11 is 0. The number of para-hydroxylation sites is 2. The molecule has 0 bridgehead atoms. The molecule has 2 aromatic rings. The van der Waals surface area contributed by atoms with Gasteiger partial charge in [-0.25, -0.2) is 4.98 Å². The molecule has 3 heterocycles. The SMILES string of the molecule is Cn1c(CN2CCC3(CCNCC3)C2)nc2ccccc21. The first-order valence-corrected chi connectivity index (χ1v) is 8.09. The van der Waals surface area contributed by atoms with Crippen LogP contribution in [0.25, 0.3) is 11.0 Å². The second kappa shape index (κ2) is 5.11. The molecular weight excluding hydrogens is 260 g/mol. The summed E-state index contributed by atoms with van der Waals surface area (Å²) in [6.07, 6.45) is 4.04. The largest absolute Gasteiger partial charge is 0.330 e. The van der Waals surface area contributed by atoms with Gasteiger partial charge in [-0.15, -0.1) is 0 Å². The van der Waals surface area contributed by atoms with Gasteiger partial charge in [-0.1, -0.05) is 12.1 Å². The Balaban J connectivity index is 1.52. The Hall–Kier alpha value is -1.39. The summed E-state index contributed by atoms with van der Waals surface area (Å²) in [5.74, 6) is 1.20. The number of aromatic nitrogens is 2. The maximum absolute atomic E-state index is 4.82. The molecule has 4 heteroatoms. The first kappa shape index (κ1) is 13.3. The number of imidazole rings is 1. The standard InChI is InChI=1S/C17H24N4/c1-20-15-5-3-2-4-14(15)19-16(20)12-21-11-8-17(13-21)6-9-18-10-7-17/h2-5,18H,6-13H2,1H3. The maximum Gasteiger partial charge on any atom is 0.123 e. The lowest BCUT2D eigenvalue weighted by Gasteiger charge is -2.33. The van der Waals surface area contributed by atoms with E-state index in [1.807, 2.05) is 0 Å². The van der Waals surface area contributed by atoms with Crippen LogP contribution in [0.3, 0.4) is 0 Å². The van der Waals surface area contributed by atoms with Gasteiger partial charge in [0, 0.05) is 13.6 Å². The highest BCUT2D eigenvalue weighted by molar-refractivity contribution is 5.75. The average Bonchev–Trinajstić information content (AvgIpc) is 3.03. The zero-order valence-electron chi connectivity index (χ0n) is 12.8. The van der Waals surface area contributed by atoms with Crippen molar-refractivity contribution in [2.24, 2.45) is 12.5 Å². The van der Waals surface area contributed by atoms with Crippen molar-refractivity contribution in [1.29, 1.82) is 0 Å². The zero-order valence-corrected chi connectivity index (χ0v) is 12.8. The zero-order chi connectivity index (χ0) is 14.3. The first-order valence-electron chi connectivity index (χ1n) is 8.09. The van der Waals surface area contributed by atoms with Gasteiger partial charge in [0.25, 0.3) is 0 Å². The van der Waals surface area contributed by atoms with E-state index < -0.39 is 0 Å². The number of nitrogens with zero attached hydrogens (tertiary/aromatic N) is 3. The summed E-state index contributed by atoms with van der Waals surface area (Å²) in [6, 6.07) is 8.42. The minimum absolute atomic E-state index is 0.579. The molecule has 0 aliphatic carbocycles. The maximum atomic E-state index is 4.82. The van der Waals surface area contributed by atoms with Crippen molar-refractivity contribution in [2.45, 2.75) is 25.8 Å². The topological polar surface area (TPSA) is 33.1 Å². The molecule has 1 aromatic carbocycles. The second-order valence-corrected chi connectivity index (χ2v) is 6.79. The predicted octanol–water partition coefficient (Wildman–Crippen LogP) is 2.15. The van der Waals surface area contributed by atoms with Crippen molar-refractivity contribution >= 4 is 11.0 Å². The molecule has 4 nitrogen and oxygen atoms in total.